The van der Waals surface area contributed by atoms with Crippen molar-refractivity contribution in [3.05, 3.63) is 17.6 Å². The van der Waals surface area contributed by atoms with E-state index >= 15 is 0 Å². The van der Waals surface area contributed by atoms with Gasteiger partial charge in [-0.15, -0.1) is 0 Å². The molecule has 0 aliphatic rings. The van der Waals surface area contributed by atoms with Crippen molar-refractivity contribution in [2.45, 2.75) is 20.3 Å². The topological polar surface area (TPSA) is 72.3 Å². The molecular formula is C9H12N2O3. The monoisotopic (exact) mass is 196 g/mol. The summed E-state index contributed by atoms with van der Waals surface area (Å²) in [6, 6.07) is 0. The van der Waals surface area contributed by atoms with Crippen LogP contribution in [0.5, 0.6) is 5.88 Å². The second kappa shape index (κ2) is 4.55. The number of carbonyl (C=O) groups is 1. The third-order valence-electron chi connectivity index (χ3n) is 1.81. The van der Waals surface area contributed by atoms with Crippen LogP contribution < -0.4 is 4.74 Å². The molecule has 0 aliphatic carbocycles. The zero-order valence-corrected chi connectivity index (χ0v) is 8.15. The molecule has 0 amide bonds. The van der Waals surface area contributed by atoms with Crippen LogP contribution >= 0.6 is 0 Å². The van der Waals surface area contributed by atoms with Crippen LogP contribution in [0.2, 0.25) is 0 Å². The number of carboxylic acids is 1. The van der Waals surface area contributed by atoms with E-state index in [1.165, 1.54) is 6.33 Å². The summed E-state index contributed by atoms with van der Waals surface area (Å²) in [5.41, 5.74) is 1.68. The molecule has 0 fully saturated rings. The number of hydrogen-bond acceptors (Lipinski definition) is 4. The molecule has 5 heteroatoms. The van der Waals surface area contributed by atoms with Gasteiger partial charge in [0, 0.05) is 5.56 Å². The summed E-state index contributed by atoms with van der Waals surface area (Å²) in [6.45, 7) is 3.41. The van der Waals surface area contributed by atoms with Gasteiger partial charge in [-0.1, -0.05) is 6.92 Å². The van der Waals surface area contributed by atoms with Crippen LogP contribution in [0, 0.1) is 6.92 Å². The Morgan fingerprint density at radius 1 is 1.57 bits per heavy atom. The van der Waals surface area contributed by atoms with Crippen molar-refractivity contribution in [1.82, 2.24) is 9.97 Å². The lowest BCUT2D eigenvalue weighted by Crippen LogP contribution is -2.11. The predicted octanol–water partition coefficient (Wildman–Crippen LogP) is 0.811. The van der Waals surface area contributed by atoms with E-state index in [2.05, 4.69) is 9.97 Å². The van der Waals surface area contributed by atoms with E-state index in [0.717, 1.165) is 17.7 Å². The molecule has 0 saturated heterocycles. The maximum Gasteiger partial charge on any atom is 0.341 e. The number of carboxylic acid groups (broad SMARTS) is 1. The van der Waals surface area contributed by atoms with E-state index in [9.17, 15) is 4.79 Å². The molecule has 0 saturated carbocycles. The Labute approximate surface area is 81.8 Å². The molecule has 0 aromatic carbocycles. The second-order valence-corrected chi connectivity index (χ2v) is 2.79. The van der Waals surface area contributed by atoms with Crippen LogP contribution in [0.1, 0.15) is 18.2 Å². The minimum absolute atomic E-state index is 0.347. The number of aryl methyl sites for hydroxylation is 1. The van der Waals surface area contributed by atoms with Crippen molar-refractivity contribution in [2.75, 3.05) is 6.61 Å². The molecule has 0 spiro atoms. The molecule has 1 heterocycles. The maximum atomic E-state index is 10.3. The molecule has 1 rings (SSSR count). The third-order valence-corrected chi connectivity index (χ3v) is 1.81. The first kappa shape index (κ1) is 10.4. The summed E-state index contributed by atoms with van der Waals surface area (Å²) in [5, 5.41) is 8.42. The minimum Gasteiger partial charge on any atom is -0.479 e. The summed E-state index contributed by atoms with van der Waals surface area (Å²) < 4.78 is 4.99. The molecule has 5 nitrogen and oxygen atoms in total. The molecule has 1 N–H and O–H groups in total. The molecule has 76 valence electrons. The van der Waals surface area contributed by atoms with E-state index in [4.69, 9.17) is 9.84 Å². The Morgan fingerprint density at radius 2 is 2.29 bits per heavy atom. The SMILES string of the molecule is CCc1ncnc(OCC(=O)O)c1C. The average molecular weight is 196 g/mol. The highest BCUT2D eigenvalue weighted by Gasteiger charge is 2.07. The van der Waals surface area contributed by atoms with E-state index in [-0.39, 0.29) is 6.61 Å². The standard InChI is InChI=1S/C9H12N2O3/c1-3-7-6(2)9(11-5-10-7)14-4-8(12)13/h5H,3-4H2,1-2H3,(H,12,13). The lowest BCUT2D eigenvalue weighted by Gasteiger charge is -2.07. The van der Waals surface area contributed by atoms with Gasteiger partial charge in [-0.2, -0.15) is 0 Å². The first-order valence-corrected chi connectivity index (χ1v) is 4.30. The predicted molar refractivity (Wildman–Crippen MR) is 49.3 cm³/mol. The van der Waals surface area contributed by atoms with Crippen molar-refractivity contribution < 1.29 is 14.6 Å². The van der Waals surface area contributed by atoms with Gasteiger partial charge in [0.25, 0.3) is 0 Å². The highest BCUT2D eigenvalue weighted by Crippen LogP contribution is 2.16. The lowest BCUT2D eigenvalue weighted by atomic mass is 10.2. The highest BCUT2D eigenvalue weighted by molar-refractivity contribution is 5.68. The first-order chi connectivity index (χ1) is 6.65. The van der Waals surface area contributed by atoms with Crippen LogP contribution in [-0.4, -0.2) is 27.7 Å². The van der Waals surface area contributed by atoms with Gasteiger partial charge in [0.05, 0.1) is 5.69 Å². The Morgan fingerprint density at radius 3 is 2.86 bits per heavy atom. The van der Waals surface area contributed by atoms with Crippen LogP contribution in [0.3, 0.4) is 0 Å². The average Bonchev–Trinajstić information content (AvgIpc) is 2.16. The largest absolute Gasteiger partial charge is 0.479 e. The molecule has 0 radical (unpaired) electrons. The Hall–Kier alpha value is -1.65. The summed E-state index contributed by atoms with van der Waals surface area (Å²) in [7, 11) is 0. The zero-order valence-electron chi connectivity index (χ0n) is 8.15. The van der Waals surface area contributed by atoms with Gasteiger partial charge in [-0.25, -0.2) is 14.8 Å². The van der Waals surface area contributed by atoms with Gasteiger partial charge in [-0.3, -0.25) is 0 Å². The number of ether oxygens (including phenoxy) is 1. The smallest absolute Gasteiger partial charge is 0.341 e. The summed E-state index contributed by atoms with van der Waals surface area (Å²) in [5.74, 6) is -0.666. The molecule has 0 atom stereocenters. The number of rotatable bonds is 4. The quantitative estimate of drug-likeness (QED) is 0.771. The van der Waals surface area contributed by atoms with Crippen LogP contribution in [0.25, 0.3) is 0 Å². The summed E-state index contributed by atoms with van der Waals surface area (Å²) in [6.07, 6.45) is 2.15. The van der Waals surface area contributed by atoms with Crippen molar-refractivity contribution in [2.24, 2.45) is 0 Å². The van der Waals surface area contributed by atoms with Gasteiger partial charge in [-0.05, 0) is 13.3 Å². The number of nitrogens with zero attached hydrogens (tertiary/aromatic N) is 2. The molecule has 14 heavy (non-hydrogen) atoms. The van der Waals surface area contributed by atoms with E-state index in [1.807, 2.05) is 13.8 Å². The minimum atomic E-state index is -1.01. The van der Waals surface area contributed by atoms with E-state index in [1.54, 1.807) is 0 Å². The van der Waals surface area contributed by atoms with Crippen molar-refractivity contribution in [1.29, 1.82) is 0 Å². The fourth-order valence-electron chi connectivity index (χ4n) is 1.10. The van der Waals surface area contributed by atoms with Crippen molar-refractivity contribution >= 4 is 5.97 Å². The molecular weight excluding hydrogens is 184 g/mol. The van der Waals surface area contributed by atoms with E-state index < -0.39 is 5.97 Å². The molecule has 0 aliphatic heterocycles. The fraction of sp³-hybridized carbons (Fsp3) is 0.444. The third kappa shape index (κ3) is 2.42. The normalized spacial score (nSPS) is 9.86. The first-order valence-electron chi connectivity index (χ1n) is 4.30. The van der Waals surface area contributed by atoms with E-state index in [0.29, 0.717) is 5.88 Å². The molecule has 1 aromatic rings. The Kier molecular flexibility index (Phi) is 3.39. The van der Waals surface area contributed by atoms with Gasteiger partial charge < -0.3 is 9.84 Å². The summed E-state index contributed by atoms with van der Waals surface area (Å²) in [4.78, 5) is 18.2. The van der Waals surface area contributed by atoms with Crippen LogP contribution in [-0.2, 0) is 11.2 Å². The molecule has 0 unspecified atom stereocenters. The van der Waals surface area contributed by atoms with Crippen molar-refractivity contribution in [3.8, 4) is 5.88 Å². The number of aromatic nitrogens is 2. The fourth-order valence-corrected chi connectivity index (χ4v) is 1.10. The van der Waals surface area contributed by atoms with Gasteiger partial charge in [0.15, 0.2) is 6.61 Å². The van der Waals surface area contributed by atoms with Gasteiger partial charge >= 0.3 is 5.97 Å². The van der Waals surface area contributed by atoms with Crippen LogP contribution in [0.4, 0.5) is 0 Å². The Bertz CT molecular complexity index is 339. The zero-order chi connectivity index (χ0) is 10.6. The Balaban J connectivity index is 2.81. The maximum absolute atomic E-state index is 10.3. The van der Waals surface area contributed by atoms with Crippen molar-refractivity contribution in [3.63, 3.8) is 0 Å². The number of aliphatic carboxylic acids is 1. The van der Waals surface area contributed by atoms with Gasteiger partial charge in [0.1, 0.15) is 6.33 Å². The molecule has 0 bridgehead atoms. The summed E-state index contributed by atoms with van der Waals surface area (Å²) >= 11 is 0. The highest BCUT2D eigenvalue weighted by atomic mass is 16.5. The second-order valence-electron chi connectivity index (χ2n) is 2.79. The van der Waals surface area contributed by atoms with Gasteiger partial charge in [0.2, 0.25) is 5.88 Å². The lowest BCUT2D eigenvalue weighted by molar-refractivity contribution is -0.139. The molecule has 1 aromatic heterocycles. The van der Waals surface area contributed by atoms with Crippen LogP contribution in [0.15, 0.2) is 6.33 Å². The number of hydrogen-bond donors (Lipinski definition) is 1.